The summed E-state index contributed by atoms with van der Waals surface area (Å²) in [7, 11) is 1.32. The Labute approximate surface area is 54.6 Å². The van der Waals surface area contributed by atoms with Gasteiger partial charge in [0.15, 0.2) is 0 Å². The highest BCUT2D eigenvalue weighted by Crippen LogP contribution is 1.96. The second-order valence-corrected chi connectivity index (χ2v) is 1.93. The number of esters is 1. The van der Waals surface area contributed by atoms with E-state index < -0.39 is 6.10 Å². The van der Waals surface area contributed by atoms with Crippen LogP contribution in [0.4, 0.5) is 0 Å². The summed E-state index contributed by atoms with van der Waals surface area (Å²) in [4.78, 5) is 10.4. The topological polar surface area (TPSA) is 46.2 Å². The van der Waals surface area contributed by atoms with E-state index in [9.17, 15) is 9.90 Å². The molecule has 0 aromatic carbocycles. The monoisotopic (exact) mass is 131 g/mol. The molecule has 0 aliphatic rings. The van der Waals surface area contributed by atoms with Gasteiger partial charge in [-0.2, -0.15) is 0 Å². The normalized spacial score (nSPS) is 12.8. The number of hydrogen-bond acceptors (Lipinski definition) is 2. The van der Waals surface area contributed by atoms with E-state index in [1.165, 1.54) is 14.0 Å². The lowest BCUT2D eigenvalue weighted by Crippen LogP contribution is -2.05. The van der Waals surface area contributed by atoms with Crippen LogP contribution in [0.15, 0.2) is 0 Å². The second kappa shape index (κ2) is 4.32. The average Bonchev–Trinajstić information content (AvgIpc) is 1.83. The van der Waals surface area contributed by atoms with E-state index >= 15 is 0 Å². The molecule has 0 rings (SSSR count). The zero-order valence-electron chi connectivity index (χ0n) is 5.72. The van der Waals surface area contributed by atoms with Crippen molar-refractivity contribution in [2.45, 2.75) is 25.9 Å². The first-order valence-electron chi connectivity index (χ1n) is 2.89. The molecule has 0 aromatic heterocycles. The lowest BCUT2D eigenvalue weighted by Gasteiger charge is -1.98. The summed E-state index contributed by atoms with van der Waals surface area (Å²) in [6, 6.07) is 0. The maximum Gasteiger partial charge on any atom is 0.305 e. The molecule has 0 amide bonds. The Kier molecular flexibility index (Phi) is 4.05. The van der Waals surface area contributed by atoms with E-state index in [0.29, 0.717) is 6.42 Å². The number of carbonyl (C=O) groups excluding carboxylic acids is 1. The van der Waals surface area contributed by atoms with Gasteiger partial charge in [0, 0.05) is 6.42 Å². The average molecular weight is 131 g/mol. The van der Waals surface area contributed by atoms with Gasteiger partial charge in [-0.15, -0.1) is 0 Å². The van der Waals surface area contributed by atoms with Gasteiger partial charge < -0.3 is 4.74 Å². The van der Waals surface area contributed by atoms with Crippen LogP contribution in [0.5, 0.6) is 0 Å². The van der Waals surface area contributed by atoms with Gasteiger partial charge in [-0.3, -0.25) is 4.79 Å². The van der Waals surface area contributed by atoms with E-state index in [2.05, 4.69) is 4.74 Å². The summed E-state index contributed by atoms with van der Waals surface area (Å²) in [5, 5.41) is 10.3. The van der Waals surface area contributed by atoms with Gasteiger partial charge in [0.1, 0.15) is 0 Å². The lowest BCUT2D eigenvalue weighted by molar-refractivity contribution is -0.141. The van der Waals surface area contributed by atoms with Crippen LogP contribution in [0.1, 0.15) is 19.8 Å². The Bertz CT molecular complexity index is 88.3. The molecule has 0 heterocycles. The molecule has 0 fully saturated rings. The first-order valence-corrected chi connectivity index (χ1v) is 2.89. The molecule has 0 aliphatic carbocycles. The van der Waals surface area contributed by atoms with Crippen LogP contribution in [0.3, 0.4) is 0 Å². The highest BCUT2D eigenvalue weighted by Gasteiger charge is 2.03. The Hall–Kier alpha value is -0.570. The molecule has 0 saturated carbocycles. The van der Waals surface area contributed by atoms with Crippen LogP contribution in [0.25, 0.3) is 0 Å². The third-order valence-electron chi connectivity index (χ3n) is 0.983. The maximum absolute atomic E-state index is 10.4. The third-order valence-corrected chi connectivity index (χ3v) is 0.983. The minimum atomic E-state index is -0.663. The lowest BCUT2D eigenvalue weighted by atomic mass is 10.2. The van der Waals surface area contributed by atoms with Gasteiger partial charge in [0.25, 0.3) is 0 Å². The second-order valence-electron chi connectivity index (χ2n) is 1.93. The first-order chi connectivity index (χ1) is 4.16. The molecule has 53 valence electrons. The van der Waals surface area contributed by atoms with Gasteiger partial charge in [0.05, 0.1) is 13.2 Å². The molecule has 0 saturated heterocycles. The van der Waals surface area contributed by atoms with Crippen LogP contribution >= 0.6 is 0 Å². The van der Waals surface area contributed by atoms with Crippen LogP contribution < -0.4 is 0 Å². The molecular formula is C6H11O3. The maximum atomic E-state index is 10.4. The van der Waals surface area contributed by atoms with E-state index in [4.69, 9.17) is 0 Å². The summed E-state index contributed by atoms with van der Waals surface area (Å²) in [5.74, 6) is -0.308. The van der Waals surface area contributed by atoms with Gasteiger partial charge in [-0.1, -0.05) is 0 Å². The Balaban J connectivity index is 3.17. The van der Waals surface area contributed by atoms with Crippen molar-refractivity contribution in [3.05, 3.63) is 0 Å². The SMILES string of the molecule is COC(=O)CCC(C)[O]. The highest BCUT2D eigenvalue weighted by molar-refractivity contribution is 5.69. The van der Waals surface area contributed by atoms with Crippen molar-refractivity contribution < 1.29 is 14.6 Å². The fourth-order valence-electron chi connectivity index (χ4n) is 0.423. The predicted molar refractivity (Wildman–Crippen MR) is 31.4 cm³/mol. The van der Waals surface area contributed by atoms with Crippen LogP contribution in [0.2, 0.25) is 0 Å². The summed E-state index contributed by atoms with van der Waals surface area (Å²) < 4.78 is 4.32. The molecule has 9 heavy (non-hydrogen) atoms. The standard InChI is InChI=1S/C6H11O3/c1-5(7)3-4-6(8)9-2/h5H,3-4H2,1-2H3. The van der Waals surface area contributed by atoms with E-state index in [1.807, 2.05) is 0 Å². The molecule has 0 N–H and O–H groups in total. The Morgan fingerprint density at radius 3 is 2.56 bits per heavy atom. The van der Waals surface area contributed by atoms with Gasteiger partial charge in [0.2, 0.25) is 0 Å². The minimum absolute atomic E-state index is 0.237. The fraction of sp³-hybridized carbons (Fsp3) is 0.833. The molecular weight excluding hydrogens is 120 g/mol. The van der Waals surface area contributed by atoms with Crippen molar-refractivity contribution in [1.82, 2.24) is 0 Å². The Morgan fingerprint density at radius 2 is 2.22 bits per heavy atom. The number of rotatable bonds is 3. The summed E-state index contributed by atoms with van der Waals surface area (Å²) >= 11 is 0. The van der Waals surface area contributed by atoms with Crippen molar-refractivity contribution in [3.8, 4) is 0 Å². The number of ether oxygens (including phenoxy) is 1. The van der Waals surface area contributed by atoms with E-state index in [-0.39, 0.29) is 12.4 Å². The fourth-order valence-corrected chi connectivity index (χ4v) is 0.423. The third kappa shape index (κ3) is 5.30. The molecule has 1 radical (unpaired) electrons. The summed E-state index contributed by atoms with van der Waals surface area (Å²) in [6.07, 6.45) is -0.0579. The molecule has 3 nitrogen and oxygen atoms in total. The van der Waals surface area contributed by atoms with Gasteiger partial charge in [-0.25, -0.2) is 5.11 Å². The van der Waals surface area contributed by atoms with E-state index in [0.717, 1.165) is 0 Å². The Morgan fingerprint density at radius 1 is 1.67 bits per heavy atom. The van der Waals surface area contributed by atoms with Crippen molar-refractivity contribution in [1.29, 1.82) is 0 Å². The highest BCUT2D eigenvalue weighted by atomic mass is 16.5. The van der Waals surface area contributed by atoms with Crippen molar-refractivity contribution >= 4 is 5.97 Å². The minimum Gasteiger partial charge on any atom is -0.469 e. The molecule has 0 spiro atoms. The van der Waals surface area contributed by atoms with E-state index in [1.54, 1.807) is 0 Å². The van der Waals surface area contributed by atoms with Crippen molar-refractivity contribution in [2.24, 2.45) is 0 Å². The molecule has 0 bridgehead atoms. The zero-order chi connectivity index (χ0) is 7.28. The summed E-state index contributed by atoms with van der Waals surface area (Å²) in [5.41, 5.74) is 0. The van der Waals surface area contributed by atoms with Gasteiger partial charge in [-0.05, 0) is 13.3 Å². The first kappa shape index (κ1) is 8.43. The predicted octanol–water partition coefficient (Wildman–Crippen LogP) is 0.759. The van der Waals surface area contributed by atoms with Crippen LogP contribution in [0, 0.1) is 0 Å². The molecule has 1 unspecified atom stereocenters. The number of hydrogen-bond donors (Lipinski definition) is 0. The van der Waals surface area contributed by atoms with Crippen molar-refractivity contribution in [2.75, 3.05) is 7.11 Å². The van der Waals surface area contributed by atoms with Crippen molar-refractivity contribution in [3.63, 3.8) is 0 Å². The molecule has 0 aliphatic heterocycles. The molecule has 3 heteroatoms. The summed E-state index contributed by atoms with van der Waals surface area (Å²) in [6.45, 7) is 1.53. The quantitative estimate of drug-likeness (QED) is 0.531. The van der Waals surface area contributed by atoms with Crippen LogP contribution in [-0.2, 0) is 14.6 Å². The van der Waals surface area contributed by atoms with Gasteiger partial charge >= 0.3 is 5.97 Å². The number of carbonyl (C=O) groups is 1. The molecule has 0 aromatic rings. The molecule has 1 atom stereocenters. The number of methoxy groups -OCH3 is 1. The zero-order valence-corrected chi connectivity index (χ0v) is 5.72. The van der Waals surface area contributed by atoms with Crippen LogP contribution in [-0.4, -0.2) is 19.2 Å². The largest absolute Gasteiger partial charge is 0.469 e. The smallest absolute Gasteiger partial charge is 0.305 e.